The molecule has 6 heteroatoms. The standard InChI is InChI=1S/C10H13ClFN3O/c11-6-1-7(12)3-8(2-6)15-9(5-13)4-10(14)16/h1-3,9,15H,4-5,13H2,(H2,14,16). The molecule has 0 aliphatic heterocycles. The summed E-state index contributed by atoms with van der Waals surface area (Å²) < 4.78 is 13.0. The van der Waals surface area contributed by atoms with Crippen molar-refractivity contribution in [1.29, 1.82) is 0 Å². The second-order valence-electron chi connectivity index (χ2n) is 3.41. The largest absolute Gasteiger partial charge is 0.380 e. The molecule has 0 spiro atoms. The van der Waals surface area contributed by atoms with Crippen LogP contribution in [0.15, 0.2) is 18.2 Å². The third-order valence-electron chi connectivity index (χ3n) is 1.97. The summed E-state index contributed by atoms with van der Waals surface area (Å²) in [6, 6.07) is 3.69. The number of benzene rings is 1. The van der Waals surface area contributed by atoms with Gasteiger partial charge in [-0.2, -0.15) is 0 Å². The number of hydrogen-bond donors (Lipinski definition) is 3. The normalized spacial score (nSPS) is 12.2. The summed E-state index contributed by atoms with van der Waals surface area (Å²) in [5.41, 5.74) is 11.0. The number of nitrogens with two attached hydrogens (primary N) is 2. The van der Waals surface area contributed by atoms with Crippen LogP contribution in [0.3, 0.4) is 0 Å². The predicted octanol–water partition coefficient (Wildman–Crippen LogP) is 1.09. The highest BCUT2D eigenvalue weighted by Gasteiger charge is 2.10. The summed E-state index contributed by atoms with van der Waals surface area (Å²) in [5.74, 6) is -0.921. The van der Waals surface area contributed by atoms with E-state index in [9.17, 15) is 9.18 Å². The fourth-order valence-electron chi connectivity index (χ4n) is 1.31. The van der Waals surface area contributed by atoms with Gasteiger partial charge in [0.05, 0.1) is 0 Å². The van der Waals surface area contributed by atoms with E-state index in [1.807, 2.05) is 0 Å². The van der Waals surface area contributed by atoms with Crippen LogP contribution in [0, 0.1) is 5.82 Å². The minimum absolute atomic E-state index is 0.0879. The second kappa shape index (κ2) is 5.67. The van der Waals surface area contributed by atoms with E-state index in [1.54, 1.807) is 6.07 Å². The maximum atomic E-state index is 13.0. The molecule has 1 amide bonds. The first kappa shape index (κ1) is 12.7. The van der Waals surface area contributed by atoms with Crippen LogP contribution in [0.2, 0.25) is 5.02 Å². The Morgan fingerprint density at radius 2 is 2.19 bits per heavy atom. The van der Waals surface area contributed by atoms with Crippen molar-refractivity contribution in [3.05, 3.63) is 29.0 Å². The van der Waals surface area contributed by atoms with E-state index in [2.05, 4.69) is 5.32 Å². The van der Waals surface area contributed by atoms with Crippen LogP contribution in [0.4, 0.5) is 10.1 Å². The van der Waals surface area contributed by atoms with Crippen molar-refractivity contribution in [3.8, 4) is 0 Å². The summed E-state index contributed by atoms with van der Waals surface area (Å²) in [4.78, 5) is 10.7. The molecule has 0 aliphatic rings. The molecule has 0 radical (unpaired) electrons. The number of carbonyl (C=O) groups excluding carboxylic acids is 1. The van der Waals surface area contributed by atoms with Gasteiger partial charge in [-0.05, 0) is 18.2 Å². The lowest BCUT2D eigenvalue weighted by Gasteiger charge is -2.16. The van der Waals surface area contributed by atoms with Gasteiger partial charge in [0.25, 0.3) is 0 Å². The van der Waals surface area contributed by atoms with Crippen LogP contribution in [-0.4, -0.2) is 18.5 Å². The predicted molar refractivity (Wildman–Crippen MR) is 61.7 cm³/mol. The SMILES string of the molecule is NCC(CC(N)=O)Nc1cc(F)cc(Cl)c1. The van der Waals surface area contributed by atoms with Gasteiger partial charge in [-0.1, -0.05) is 11.6 Å². The van der Waals surface area contributed by atoms with Crippen molar-refractivity contribution >= 4 is 23.2 Å². The monoisotopic (exact) mass is 245 g/mol. The number of halogens is 2. The highest BCUT2D eigenvalue weighted by molar-refractivity contribution is 6.30. The van der Waals surface area contributed by atoms with Crippen molar-refractivity contribution < 1.29 is 9.18 Å². The van der Waals surface area contributed by atoms with E-state index in [1.165, 1.54) is 12.1 Å². The van der Waals surface area contributed by atoms with E-state index in [4.69, 9.17) is 23.1 Å². The van der Waals surface area contributed by atoms with Crippen LogP contribution in [0.25, 0.3) is 0 Å². The Morgan fingerprint density at radius 1 is 1.50 bits per heavy atom. The molecular weight excluding hydrogens is 233 g/mol. The van der Waals surface area contributed by atoms with Crippen molar-refractivity contribution in [2.75, 3.05) is 11.9 Å². The Balaban J connectivity index is 2.73. The second-order valence-corrected chi connectivity index (χ2v) is 3.84. The Kier molecular flexibility index (Phi) is 4.52. The fraction of sp³-hybridized carbons (Fsp3) is 0.300. The Morgan fingerprint density at radius 3 is 2.69 bits per heavy atom. The Hall–Kier alpha value is -1.33. The van der Waals surface area contributed by atoms with Gasteiger partial charge in [0.2, 0.25) is 5.91 Å². The van der Waals surface area contributed by atoms with Gasteiger partial charge in [0.15, 0.2) is 0 Å². The number of anilines is 1. The number of hydrogen-bond acceptors (Lipinski definition) is 3. The molecule has 0 aliphatic carbocycles. The maximum absolute atomic E-state index is 13.0. The molecule has 1 atom stereocenters. The summed E-state index contributed by atoms with van der Waals surface area (Å²) in [6.45, 7) is 0.219. The molecule has 16 heavy (non-hydrogen) atoms. The summed E-state index contributed by atoms with van der Waals surface area (Å²) in [7, 11) is 0. The van der Waals surface area contributed by atoms with Crippen molar-refractivity contribution in [3.63, 3.8) is 0 Å². The lowest BCUT2D eigenvalue weighted by atomic mass is 10.2. The van der Waals surface area contributed by atoms with Gasteiger partial charge in [0.1, 0.15) is 5.82 Å². The van der Waals surface area contributed by atoms with Crippen LogP contribution < -0.4 is 16.8 Å². The van der Waals surface area contributed by atoms with Gasteiger partial charge in [0, 0.05) is 29.7 Å². The molecule has 0 fully saturated rings. The first-order valence-electron chi connectivity index (χ1n) is 4.72. The topological polar surface area (TPSA) is 81.1 Å². The smallest absolute Gasteiger partial charge is 0.219 e. The zero-order valence-electron chi connectivity index (χ0n) is 8.54. The Bertz CT molecular complexity index is 366. The maximum Gasteiger partial charge on any atom is 0.219 e. The average molecular weight is 246 g/mol. The molecule has 0 saturated carbocycles. The quantitative estimate of drug-likeness (QED) is 0.727. The number of primary amides is 1. The highest BCUT2D eigenvalue weighted by Crippen LogP contribution is 2.19. The van der Waals surface area contributed by atoms with E-state index in [0.717, 1.165) is 0 Å². The molecule has 4 nitrogen and oxygen atoms in total. The van der Waals surface area contributed by atoms with Crippen LogP contribution in [-0.2, 0) is 4.79 Å². The van der Waals surface area contributed by atoms with Crippen molar-refractivity contribution in [2.45, 2.75) is 12.5 Å². The highest BCUT2D eigenvalue weighted by atomic mass is 35.5. The number of rotatable bonds is 5. The van der Waals surface area contributed by atoms with E-state index in [-0.39, 0.29) is 24.0 Å². The molecule has 0 aromatic heterocycles. The molecule has 0 heterocycles. The van der Waals surface area contributed by atoms with Crippen molar-refractivity contribution in [2.24, 2.45) is 11.5 Å². The van der Waals surface area contributed by atoms with Crippen LogP contribution in [0.1, 0.15) is 6.42 Å². The van der Waals surface area contributed by atoms with Gasteiger partial charge in [-0.25, -0.2) is 4.39 Å². The van der Waals surface area contributed by atoms with Gasteiger partial charge >= 0.3 is 0 Å². The Labute approximate surface area is 97.8 Å². The molecule has 1 aromatic carbocycles. The summed E-state index contributed by atoms with van der Waals surface area (Å²) in [6.07, 6.45) is 0.0879. The lowest BCUT2D eigenvalue weighted by molar-refractivity contribution is -0.118. The first-order valence-corrected chi connectivity index (χ1v) is 5.10. The third kappa shape index (κ3) is 4.04. The first-order chi connectivity index (χ1) is 7.51. The zero-order chi connectivity index (χ0) is 12.1. The molecule has 5 N–H and O–H groups in total. The summed E-state index contributed by atoms with van der Waals surface area (Å²) in [5, 5.41) is 3.17. The van der Waals surface area contributed by atoms with E-state index in [0.29, 0.717) is 5.69 Å². The van der Waals surface area contributed by atoms with Gasteiger partial charge in [-0.15, -0.1) is 0 Å². The molecule has 0 bridgehead atoms. The van der Waals surface area contributed by atoms with Crippen molar-refractivity contribution in [1.82, 2.24) is 0 Å². The molecule has 1 rings (SSSR count). The molecule has 88 valence electrons. The average Bonchev–Trinajstić information content (AvgIpc) is 2.14. The number of nitrogens with one attached hydrogen (secondary N) is 1. The minimum atomic E-state index is -0.467. The molecule has 1 aromatic rings. The summed E-state index contributed by atoms with van der Waals surface area (Å²) >= 11 is 5.68. The van der Waals surface area contributed by atoms with Crippen LogP contribution >= 0.6 is 11.6 Å². The fourth-order valence-corrected chi connectivity index (χ4v) is 1.53. The van der Waals surface area contributed by atoms with E-state index < -0.39 is 11.7 Å². The molecular formula is C10H13ClFN3O. The van der Waals surface area contributed by atoms with Gasteiger partial charge in [-0.3, -0.25) is 4.79 Å². The third-order valence-corrected chi connectivity index (χ3v) is 2.18. The van der Waals surface area contributed by atoms with Crippen LogP contribution in [0.5, 0.6) is 0 Å². The minimum Gasteiger partial charge on any atom is -0.380 e. The van der Waals surface area contributed by atoms with Gasteiger partial charge < -0.3 is 16.8 Å². The number of amides is 1. The molecule has 0 saturated heterocycles. The zero-order valence-corrected chi connectivity index (χ0v) is 9.30. The van der Waals surface area contributed by atoms with E-state index >= 15 is 0 Å². The molecule has 1 unspecified atom stereocenters. The number of carbonyl (C=O) groups is 1. The lowest BCUT2D eigenvalue weighted by Crippen LogP contribution is -2.33.